The van der Waals surface area contributed by atoms with Gasteiger partial charge in [0.05, 0.1) is 42.2 Å². The summed E-state index contributed by atoms with van der Waals surface area (Å²) in [4.78, 5) is 104. The first-order valence-corrected chi connectivity index (χ1v) is 28.5. The number of carbonyl (C=O) groups excluding carboxylic acids is 6. The smallest absolute Gasteiger partial charge is 0.415 e. The number of aromatic nitrogens is 1. The third kappa shape index (κ3) is 12.5. The maximum Gasteiger partial charge on any atom is 0.415 e. The Hall–Kier alpha value is -8.38. The number of esters is 1. The molecule has 23 heteroatoms. The molecule has 1 aliphatic carbocycles. The summed E-state index contributed by atoms with van der Waals surface area (Å²) < 4.78 is 30.1. The van der Waals surface area contributed by atoms with Gasteiger partial charge in [-0.05, 0) is 86.0 Å². The lowest BCUT2D eigenvalue weighted by Gasteiger charge is -2.36. The molecule has 0 radical (unpaired) electrons. The molecule has 21 nitrogen and oxygen atoms in total. The number of aliphatic imine (C=N–C) groups is 1. The number of ether oxygens (including phenoxy) is 5. The average Bonchev–Trinajstić information content (AvgIpc) is 3.48. The number of likely N-dealkylation sites (N-methyl/N-ethyl adjacent to an activating group) is 1. The number of hydrogen-bond donors (Lipinski definition) is 5. The Balaban J connectivity index is 0.731. The van der Waals surface area contributed by atoms with Crippen LogP contribution in [-0.4, -0.2) is 155 Å². The van der Waals surface area contributed by atoms with Crippen molar-refractivity contribution in [1.29, 1.82) is 0 Å². The molecule has 9 rings (SSSR count). The molecule has 5 aromatic rings. The zero-order valence-corrected chi connectivity index (χ0v) is 48.2. The number of fused-ring (bicyclic) bond motifs is 7. The number of ketones is 1. The van der Waals surface area contributed by atoms with E-state index in [2.05, 4.69) is 27.2 Å². The maximum absolute atomic E-state index is 13.9. The second kappa shape index (κ2) is 24.6. The Morgan fingerprint density at radius 3 is 2.18 bits per heavy atom. The van der Waals surface area contributed by atoms with Crippen molar-refractivity contribution in [2.45, 2.75) is 59.1 Å². The van der Waals surface area contributed by atoms with Gasteiger partial charge in [-0.15, -0.1) is 23.1 Å². The maximum atomic E-state index is 13.9. The highest BCUT2D eigenvalue weighted by Crippen LogP contribution is 2.57. The van der Waals surface area contributed by atoms with E-state index in [9.17, 15) is 48.9 Å². The highest BCUT2D eigenvalue weighted by atomic mass is 32.2. The van der Waals surface area contributed by atoms with Crippen LogP contribution in [0, 0.1) is 5.41 Å². The molecule has 0 saturated carbocycles. The number of thioether (sulfide) groups is 1. The summed E-state index contributed by atoms with van der Waals surface area (Å²) in [6.07, 6.45) is -0.647. The number of aliphatic carboxylic acids is 1. The van der Waals surface area contributed by atoms with Gasteiger partial charge in [0.1, 0.15) is 38.8 Å². The van der Waals surface area contributed by atoms with Crippen molar-refractivity contribution in [2.75, 3.05) is 72.0 Å². The van der Waals surface area contributed by atoms with Gasteiger partial charge in [-0.2, -0.15) is 0 Å². The predicted octanol–water partition coefficient (Wildman–Crippen LogP) is 7.66. The SMILES string of the molecule is C=C1C(C)=C(C)C(=O)C(C(C)(C)CC(=O)N(C)CCN(CCOCCOCCC(=O)NCCNC(=O)c2ccc3c(c2)C(=O)OC32c3ccc(O)cc3Oc3cc(O)ccc32)C(=O)Oc2ccc3nc(C4=NC(C(=O)O)CS4)sc3c2)=C1C. The first-order valence-electron chi connectivity index (χ1n) is 26.7. The van der Waals surface area contributed by atoms with E-state index in [1.54, 1.807) is 56.4 Å². The normalized spacial score (nSPS) is 16.0. The Morgan fingerprint density at radius 2 is 1.49 bits per heavy atom. The fourth-order valence-electron chi connectivity index (χ4n) is 10.2. The fourth-order valence-corrected chi connectivity index (χ4v) is 12.3. The minimum absolute atomic E-state index is 0.0227. The number of phenols is 2. The summed E-state index contributed by atoms with van der Waals surface area (Å²) in [6, 6.07) is 17.6. The lowest BCUT2D eigenvalue weighted by molar-refractivity contribution is -0.138. The number of nitrogens with one attached hydrogen (secondary N) is 2. The van der Waals surface area contributed by atoms with Crippen molar-refractivity contribution < 1.29 is 72.6 Å². The molecule has 4 amide bonds. The van der Waals surface area contributed by atoms with Crippen molar-refractivity contribution in [1.82, 2.24) is 25.4 Å². The van der Waals surface area contributed by atoms with E-state index < -0.39 is 41.0 Å². The van der Waals surface area contributed by atoms with Gasteiger partial charge in [-0.3, -0.25) is 24.2 Å². The van der Waals surface area contributed by atoms with E-state index in [1.165, 1.54) is 63.2 Å². The summed E-state index contributed by atoms with van der Waals surface area (Å²) in [5.74, 6) is -1.98. The zero-order valence-electron chi connectivity index (χ0n) is 46.5. The highest BCUT2D eigenvalue weighted by molar-refractivity contribution is 8.15. The van der Waals surface area contributed by atoms with E-state index in [1.807, 2.05) is 27.7 Å². The van der Waals surface area contributed by atoms with Crippen LogP contribution in [0.25, 0.3) is 10.2 Å². The quantitative estimate of drug-likeness (QED) is 0.0328. The van der Waals surface area contributed by atoms with Crippen LogP contribution in [0.1, 0.15) is 89.9 Å². The minimum atomic E-state index is -1.47. The van der Waals surface area contributed by atoms with Crippen molar-refractivity contribution >= 4 is 79.9 Å². The third-order valence-corrected chi connectivity index (χ3v) is 17.1. The summed E-state index contributed by atoms with van der Waals surface area (Å²) in [5.41, 5.74) is 3.53. The van der Waals surface area contributed by atoms with Crippen LogP contribution in [0.15, 0.2) is 112 Å². The van der Waals surface area contributed by atoms with E-state index in [0.717, 1.165) is 16.7 Å². The first kappa shape index (κ1) is 59.2. The Labute approximate surface area is 486 Å². The zero-order chi connectivity index (χ0) is 59.5. The number of hydrogen-bond acceptors (Lipinski definition) is 18. The van der Waals surface area contributed by atoms with Crippen molar-refractivity contribution in [3.8, 4) is 28.7 Å². The minimum Gasteiger partial charge on any atom is -0.508 e. The topological polar surface area (TPSA) is 282 Å². The van der Waals surface area contributed by atoms with Crippen LogP contribution < -0.4 is 20.1 Å². The highest BCUT2D eigenvalue weighted by Gasteiger charge is 2.54. The van der Waals surface area contributed by atoms with Crippen LogP contribution in [0.3, 0.4) is 0 Å². The standard InChI is InChI=1S/C60H62N6O15S2/c1-32-33(2)35(4)52(71)51(34(32)3)59(5,6)30-50(70)65(7)19-20-66(58(76)79-39-11-15-44-48(29-39)83-55(63-44)54-64-45(31-82-54)56(73)74)21-23-78-25-24-77-22-16-49(69)61-17-18-62-53(72)36-8-12-41-40(26-36)57(75)81-60(41)42-13-9-37(67)27-46(42)80-47-28-38(68)10-14-43(47)60/h8-15,26-29,45,67-68H,1,16-25,30-31H2,2-7H3,(H,61,69)(H,62,72)(H,73,74). The lowest BCUT2D eigenvalue weighted by atomic mass is 9.70. The molecular formula is C60H62N6O15S2. The molecule has 5 N–H and O–H groups in total. The van der Waals surface area contributed by atoms with Crippen LogP contribution in [0.2, 0.25) is 0 Å². The molecule has 4 aliphatic rings. The summed E-state index contributed by atoms with van der Waals surface area (Å²) >= 11 is 2.62. The summed E-state index contributed by atoms with van der Waals surface area (Å²) in [5, 5.41) is 36.4. The molecule has 434 valence electrons. The number of amides is 4. The number of thiazole rings is 1. The number of allylic oxidation sites excluding steroid dienone is 5. The molecule has 0 saturated heterocycles. The van der Waals surface area contributed by atoms with Gasteiger partial charge in [0.2, 0.25) is 11.8 Å². The van der Waals surface area contributed by atoms with Crippen molar-refractivity contribution in [3.05, 3.63) is 140 Å². The van der Waals surface area contributed by atoms with Crippen LogP contribution in [0.5, 0.6) is 28.7 Å². The van der Waals surface area contributed by atoms with Gasteiger partial charge in [0.25, 0.3) is 5.91 Å². The molecule has 3 aliphatic heterocycles. The number of aromatic hydroxyl groups is 2. The van der Waals surface area contributed by atoms with Crippen molar-refractivity contribution in [2.24, 2.45) is 10.4 Å². The molecule has 1 atom stereocenters. The average molecular weight is 1170 g/mol. The number of carbonyl (C=O) groups is 7. The molecule has 4 heterocycles. The van der Waals surface area contributed by atoms with Crippen LogP contribution >= 0.6 is 23.1 Å². The Kier molecular flexibility index (Phi) is 17.6. The number of phenolic OH excluding ortho intramolecular Hbond substituents is 2. The summed E-state index contributed by atoms with van der Waals surface area (Å²) in [7, 11) is 1.64. The first-order chi connectivity index (χ1) is 39.6. The molecule has 1 spiro atoms. The number of carboxylic acids is 1. The second-order valence-corrected chi connectivity index (χ2v) is 23.0. The molecule has 0 fully saturated rings. The molecule has 1 unspecified atom stereocenters. The predicted molar refractivity (Wildman–Crippen MR) is 309 cm³/mol. The Bertz CT molecular complexity index is 3550. The van der Waals surface area contributed by atoms with Gasteiger partial charge in [-0.25, -0.2) is 19.4 Å². The number of carboxylic acid groups (broad SMARTS) is 1. The van der Waals surface area contributed by atoms with E-state index >= 15 is 0 Å². The van der Waals surface area contributed by atoms with Gasteiger partial charge >= 0.3 is 18.0 Å². The number of benzene rings is 4. The van der Waals surface area contributed by atoms with E-state index in [0.29, 0.717) is 53.9 Å². The molecule has 83 heavy (non-hydrogen) atoms. The van der Waals surface area contributed by atoms with Crippen LogP contribution in [0.4, 0.5) is 4.79 Å². The lowest BCUT2D eigenvalue weighted by Crippen LogP contribution is -2.43. The molecular weight excluding hydrogens is 1110 g/mol. The van der Waals surface area contributed by atoms with E-state index in [4.69, 9.17) is 23.7 Å². The fraction of sp³-hybridized carbons (Fsp3) is 0.350. The monoisotopic (exact) mass is 1170 g/mol. The van der Waals surface area contributed by atoms with Gasteiger partial charge in [0, 0.05) is 115 Å². The molecule has 1 aromatic heterocycles. The van der Waals surface area contributed by atoms with Crippen LogP contribution in [-0.2, 0) is 39.0 Å². The van der Waals surface area contributed by atoms with E-state index in [-0.39, 0.29) is 129 Å². The molecule has 4 aromatic carbocycles. The summed E-state index contributed by atoms with van der Waals surface area (Å²) in [6.45, 7) is 14.3. The van der Waals surface area contributed by atoms with Gasteiger partial charge in [-0.1, -0.05) is 26.5 Å². The van der Waals surface area contributed by atoms with Gasteiger partial charge < -0.3 is 59.4 Å². The number of Topliss-reactive ketones (excluding diaryl/α,β-unsaturated/α-hetero) is 1. The van der Waals surface area contributed by atoms with Crippen molar-refractivity contribution in [3.63, 3.8) is 0 Å². The second-order valence-electron chi connectivity index (χ2n) is 20.9. The molecule has 0 bridgehead atoms. The largest absolute Gasteiger partial charge is 0.508 e. The number of rotatable bonds is 22. The Morgan fingerprint density at radius 1 is 0.819 bits per heavy atom. The third-order valence-electron chi connectivity index (χ3n) is 14.9. The number of nitrogens with zero attached hydrogens (tertiary/aromatic N) is 4. The van der Waals surface area contributed by atoms with Gasteiger partial charge in [0.15, 0.2) is 17.4 Å².